The number of hydrogen-bond donors (Lipinski definition) is 0. The highest BCUT2D eigenvalue weighted by Crippen LogP contribution is 2.27. The molecule has 1 aromatic carbocycles. The number of carbonyl (C=O) groups is 2. The first-order valence-electron chi connectivity index (χ1n) is 9.55. The van der Waals surface area contributed by atoms with Crippen LogP contribution in [0.25, 0.3) is 11.3 Å². The lowest BCUT2D eigenvalue weighted by Gasteiger charge is -2.35. The van der Waals surface area contributed by atoms with E-state index in [1.54, 1.807) is 29.2 Å². The summed E-state index contributed by atoms with van der Waals surface area (Å²) in [6.07, 6.45) is 4.28. The molecule has 2 fully saturated rings. The number of rotatable bonds is 3. The van der Waals surface area contributed by atoms with Crippen molar-refractivity contribution in [2.45, 2.75) is 25.7 Å². The van der Waals surface area contributed by atoms with E-state index >= 15 is 0 Å². The van der Waals surface area contributed by atoms with Crippen LogP contribution in [0.2, 0.25) is 0 Å². The molecule has 4 rings (SSSR count). The molecule has 1 saturated carbocycles. The molecule has 0 radical (unpaired) electrons. The Morgan fingerprint density at radius 1 is 0.889 bits per heavy atom. The van der Waals surface area contributed by atoms with E-state index in [4.69, 9.17) is 4.42 Å². The minimum atomic E-state index is -0.313. The van der Waals surface area contributed by atoms with Crippen molar-refractivity contribution in [1.82, 2.24) is 9.80 Å². The molecule has 2 aliphatic rings. The van der Waals surface area contributed by atoms with E-state index in [9.17, 15) is 14.0 Å². The van der Waals surface area contributed by atoms with E-state index in [2.05, 4.69) is 0 Å². The predicted molar refractivity (Wildman–Crippen MR) is 98.5 cm³/mol. The van der Waals surface area contributed by atoms with Crippen LogP contribution in [0.1, 0.15) is 36.2 Å². The number of nitrogens with zero attached hydrogens (tertiary/aromatic N) is 2. The van der Waals surface area contributed by atoms with Crippen molar-refractivity contribution in [3.8, 4) is 11.3 Å². The van der Waals surface area contributed by atoms with E-state index in [-0.39, 0.29) is 29.3 Å². The number of furan rings is 1. The topological polar surface area (TPSA) is 53.8 Å². The quantitative estimate of drug-likeness (QED) is 0.830. The highest BCUT2D eigenvalue weighted by Gasteiger charge is 2.31. The molecular formula is C21H23FN2O3. The molecule has 1 aliphatic heterocycles. The van der Waals surface area contributed by atoms with Gasteiger partial charge in [-0.3, -0.25) is 9.59 Å². The first-order valence-corrected chi connectivity index (χ1v) is 9.55. The van der Waals surface area contributed by atoms with Crippen molar-refractivity contribution in [2.24, 2.45) is 5.92 Å². The second-order valence-electron chi connectivity index (χ2n) is 7.27. The van der Waals surface area contributed by atoms with E-state index in [0.717, 1.165) is 31.2 Å². The first-order chi connectivity index (χ1) is 13.1. The molecule has 0 bridgehead atoms. The van der Waals surface area contributed by atoms with Crippen LogP contribution >= 0.6 is 0 Å². The number of carbonyl (C=O) groups excluding carboxylic acids is 2. The molecular weight excluding hydrogens is 347 g/mol. The summed E-state index contributed by atoms with van der Waals surface area (Å²) in [6.45, 7) is 2.19. The summed E-state index contributed by atoms with van der Waals surface area (Å²) in [5.41, 5.74) is 0.724. The number of hydrogen-bond acceptors (Lipinski definition) is 3. The highest BCUT2D eigenvalue weighted by atomic mass is 19.1. The second kappa shape index (κ2) is 7.55. The number of amides is 2. The summed E-state index contributed by atoms with van der Waals surface area (Å²) in [6, 6.07) is 9.34. The molecule has 2 amide bonds. The maximum absolute atomic E-state index is 13.0. The third kappa shape index (κ3) is 3.75. The number of piperazine rings is 1. The molecule has 6 heteroatoms. The van der Waals surface area contributed by atoms with Gasteiger partial charge in [0.25, 0.3) is 5.91 Å². The first kappa shape index (κ1) is 17.8. The van der Waals surface area contributed by atoms with Crippen LogP contribution in [0.4, 0.5) is 4.39 Å². The standard InChI is InChI=1S/C21H23FN2O3/c22-17-7-5-15(6-8-17)18-9-10-19(27-18)21(26)24-13-11-23(12-14-24)20(25)16-3-1-2-4-16/h5-10,16H,1-4,11-14H2. The molecule has 0 N–H and O–H groups in total. The number of benzene rings is 1. The van der Waals surface area contributed by atoms with Crippen LogP contribution in [-0.2, 0) is 4.79 Å². The Morgan fingerprint density at radius 3 is 2.19 bits per heavy atom. The fraction of sp³-hybridized carbons (Fsp3) is 0.429. The van der Waals surface area contributed by atoms with Crippen molar-refractivity contribution >= 4 is 11.8 Å². The van der Waals surface area contributed by atoms with Gasteiger partial charge >= 0.3 is 0 Å². The van der Waals surface area contributed by atoms with Gasteiger partial charge in [-0.15, -0.1) is 0 Å². The maximum atomic E-state index is 13.0. The monoisotopic (exact) mass is 370 g/mol. The molecule has 1 saturated heterocycles. The zero-order valence-corrected chi connectivity index (χ0v) is 15.2. The number of halogens is 1. The summed E-state index contributed by atoms with van der Waals surface area (Å²) in [5.74, 6) is 0.744. The highest BCUT2D eigenvalue weighted by molar-refractivity contribution is 5.92. The van der Waals surface area contributed by atoms with Gasteiger partial charge in [0.15, 0.2) is 5.76 Å². The largest absolute Gasteiger partial charge is 0.451 e. The van der Waals surface area contributed by atoms with Crippen molar-refractivity contribution in [2.75, 3.05) is 26.2 Å². The third-order valence-electron chi connectivity index (χ3n) is 5.53. The van der Waals surface area contributed by atoms with Crippen LogP contribution < -0.4 is 0 Å². The van der Waals surface area contributed by atoms with Crippen LogP contribution in [0.15, 0.2) is 40.8 Å². The Morgan fingerprint density at radius 2 is 1.52 bits per heavy atom. The average Bonchev–Trinajstić information content (AvgIpc) is 3.40. The lowest BCUT2D eigenvalue weighted by atomic mass is 10.1. The normalized spacial score (nSPS) is 18.1. The Labute approximate surface area is 157 Å². The maximum Gasteiger partial charge on any atom is 0.289 e. The summed E-state index contributed by atoms with van der Waals surface area (Å²) in [5, 5.41) is 0. The molecule has 1 aliphatic carbocycles. The van der Waals surface area contributed by atoms with Crippen LogP contribution in [0.5, 0.6) is 0 Å². The van der Waals surface area contributed by atoms with E-state index in [1.807, 2.05) is 4.90 Å². The Kier molecular flexibility index (Phi) is 4.97. The van der Waals surface area contributed by atoms with Gasteiger partial charge < -0.3 is 14.2 Å². The molecule has 1 aromatic heterocycles. The van der Waals surface area contributed by atoms with Crippen LogP contribution in [-0.4, -0.2) is 47.8 Å². The van der Waals surface area contributed by atoms with Gasteiger partial charge in [-0.2, -0.15) is 0 Å². The van der Waals surface area contributed by atoms with E-state index < -0.39 is 0 Å². The van der Waals surface area contributed by atoms with Gasteiger partial charge in [-0.05, 0) is 49.2 Å². The van der Waals surface area contributed by atoms with Crippen molar-refractivity contribution < 1.29 is 18.4 Å². The molecule has 0 atom stereocenters. The van der Waals surface area contributed by atoms with Crippen molar-refractivity contribution in [3.63, 3.8) is 0 Å². The summed E-state index contributed by atoms with van der Waals surface area (Å²) in [7, 11) is 0. The molecule has 0 unspecified atom stereocenters. The van der Waals surface area contributed by atoms with Crippen molar-refractivity contribution in [3.05, 3.63) is 48.0 Å². The van der Waals surface area contributed by atoms with Gasteiger partial charge in [0, 0.05) is 37.7 Å². The second-order valence-corrected chi connectivity index (χ2v) is 7.27. The minimum Gasteiger partial charge on any atom is -0.451 e. The molecule has 142 valence electrons. The molecule has 2 aromatic rings. The summed E-state index contributed by atoms with van der Waals surface area (Å²) >= 11 is 0. The Hall–Kier alpha value is -2.63. The zero-order chi connectivity index (χ0) is 18.8. The third-order valence-corrected chi connectivity index (χ3v) is 5.53. The average molecular weight is 370 g/mol. The van der Waals surface area contributed by atoms with E-state index in [0.29, 0.717) is 31.9 Å². The summed E-state index contributed by atoms with van der Waals surface area (Å²) in [4.78, 5) is 28.8. The lowest BCUT2D eigenvalue weighted by molar-refractivity contribution is -0.136. The van der Waals surface area contributed by atoms with Gasteiger partial charge in [0.05, 0.1) is 0 Å². The summed E-state index contributed by atoms with van der Waals surface area (Å²) < 4.78 is 18.7. The van der Waals surface area contributed by atoms with Gasteiger partial charge in [0.1, 0.15) is 11.6 Å². The zero-order valence-electron chi connectivity index (χ0n) is 15.2. The molecule has 2 heterocycles. The predicted octanol–water partition coefficient (Wildman–Crippen LogP) is 3.56. The fourth-order valence-corrected chi connectivity index (χ4v) is 3.94. The SMILES string of the molecule is O=C(c1ccc(-c2ccc(F)cc2)o1)N1CCN(C(=O)C2CCCC2)CC1. The van der Waals surface area contributed by atoms with Crippen LogP contribution in [0.3, 0.4) is 0 Å². The van der Waals surface area contributed by atoms with E-state index in [1.165, 1.54) is 12.1 Å². The Balaban J connectivity index is 1.37. The van der Waals surface area contributed by atoms with Crippen molar-refractivity contribution in [1.29, 1.82) is 0 Å². The smallest absolute Gasteiger partial charge is 0.289 e. The van der Waals surface area contributed by atoms with Gasteiger partial charge in [0.2, 0.25) is 5.91 Å². The molecule has 0 spiro atoms. The molecule has 5 nitrogen and oxygen atoms in total. The van der Waals surface area contributed by atoms with Crippen LogP contribution in [0, 0.1) is 11.7 Å². The molecule has 27 heavy (non-hydrogen) atoms. The Bertz CT molecular complexity index is 816. The minimum absolute atomic E-state index is 0.170. The van der Waals surface area contributed by atoms with Gasteiger partial charge in [-0.1, -0.05) is 12.8 Å². The van der Waals surface area contributed by atoms with Gasteiger partial charge in [-0.25, -0.2) is 4.39 Å². The lowest BCUT2D eigenvalue weighted by Crippen LogP contribution is -2.51. The fourth-order valence-electron chi connectivity index (χ4n) is 3.94.